The number of aldehydes is 1. The lowest BCUT2D eigenvalue weighted by molar-refractivity contribution is 0.111. The van der Waals surface area contributed by atoms with E-state index in [1.165, 1.54) is 7.05 Å². The minimum Gasteiger partial charge on any atom is -0.333 e. The summed E-state index contributed by atoms with van der Waals surface area (Å²) in [5, 5.41) is 3.32. The maximum absolute atomic E-state index is 11.4. The fourth-order valence-electron chi connectivity index (χ4n) is 1.92. The monoisotopic (exact) mass is 352 g/mol. The molecule has 2 heterocycles. The number of pyridine rings is 2. The van der Waals surface area contributed by atoms with Crippen LogP contribution in [0, 0.1) is 20.8 Å². The molecule has 0 radical (unpaired) electrons. The lowest BCUT2D eigenvalue weighted by atomic mass is 10.1. The number of carbonyl (C=O) groups is 1. The first kappa shape index (κ1) is 22.0. The summed E-state index contributed by atoms with van der Waals surface area (Å²) in [4.78, 5) is 28.2. The Kier molecular flexibility index (Phi) is 10.5. The molecule has 0 saturated carbocycles. The molecule has 2 aromatic heterocycles. The van der Waals surface area contributed by atoms with Crippen molar-refractivity contribution in [1.82, 2.24) is 15.3 Å². The summed E-state index contributed by atoms with van der Waals surface area (Å²) in [5.74, 6) is 0. The Morgan fingerprint density at radius 2 is 1.88 bits per heavy atom. The molecule has 0 amide bonds. The van der Waals surface area contributed by atoms with Gasteiger partial charge in [-0.3, -0.25) is 9.59 Å². The van der Waals surface area contributed by atoms with Crippen LogP contribution in [0.5, 0.6) is 0 Å². The van der Waals surface area contributed by atoms with E-state index >= 15 is 0 Å². The molecule has 0 aliphatic rings. The fraction of sp³-hybridized carbons (Fsp3) is 0.353. The van der Waals surface area contributed by atoms with E-state index in [-0.39, 0.29) is 5.56 Å². The van der Waals surface area contributed by atoms with Gasteiger partial charge in [-0.1, -0.05) is 17.7 Å². The van der Waals surface area contributed by atoms with Crippen LogP contribution in [0.15, 0.2) is 23.0 Å². The predicted octanol–water partition coefficient (Wildman–Crippen LogP) is 2.14. The molecule has 2 aromatic rings. The number of aromatic amines is 1. The van der Waals surface area contributed by atoms with E-state index in [4.69, 9.17) is 11.6 Å². The molecule has 0 unspecified atom stereocenters. The lowest BCUT2D eigenvalue weighted by Gasteiger charge is -2.04. The van der Waals surface area contributed by atoms with Crippen molar-refractivity contribution in [2.45, 2.75) is 27.3 Å². The number of hydrogen-bond acceptors (Lipinski definition) is 5. The molecule has 132 valence electrons. The molecular weight excluding hydrogens is 328 g/mol. The highest BCUT2D eigenvalue weighted by Gasteiger charge is 2.02. The molecule has 6 nitrogen and oxygen atoms in total. The first-order valence-corrected chi connectivity index (χ1v) is 7.77. The van der Waals surface area contributed by atoms with Crippen LogP contribution in [-0.2, 0) is 6.54 Å². The maximum Gasteiger partial charge on any atom is 0.252 e. The van der Waals surface area contributed by atoms with Crippen molar-refractivity contribution >= 4 is 17.9 Å². The minimum absolute atomic E-state index is 0.0156. The van der Waals surface area contributed by atoms with Crippen molar-refractivity contribution in [2.24, 2.45) is 5.73 Å². The number of aryl methyl sites for hydroxylation is 3. The number of nitrogens with one attached hydrogen (secondary N) is 2. The van der Waals surface area contributed by atoms with Gasteiger partial charge in [0.25, 0.3) is 5.56 Å². The van der Waals surface area contributed by atoms with Crippen LogP contribution in [0.3, 0.4) is 0 Å². The Hall–Kier alpha value is -2.02. The van der Waals surface area contributed by atoms with Crippen molar-refractivity contribution in [3.63, 3.8) is 0 Å². The van der Waals surface area contributed by atoms with Gasteiger partial charge in [-0.15, -0.1) is 0 Å². The zero-order valence-electron chi connectivity index (χ0n) is 14.7. The Morgan fingerprint density at radius 3 is 2.33 bits per heavy atom. The van der Waals surface area contributed by atoms with Gasteiger partial charge in [0.05, 0.1) is 0 Å². The number of rotatable bonds is 3. The molecule has 4 N–H and O–H groups in total. The number of hydrogen-bond donors (Lipinski definition) is 3. The van der Waals surface area contributed by atoms with Gasteiger partial charge >= 0.3 is 0 Å². The molecule has 0 fully saturated rings. The van der Waals surface area contributed by atoms with E-state index in [1.54, 1.807) is 12.1 Å². The van der Waals surface area contributed by atoms with E-state index < -0.39 is 0 Å². The van der Waals surface area contributed by atoms with Gasteiger partial charge in [0, 0.05) is 17.8 Å². The average Bonchev–Trinajstić information content (AvgIpc) is 2.55. The Bertz CT molecular complexity index is 714. The summed E-state index contributed by atoms with van der Waals surface area (Å²) in [7, 11) is 3.33. The molecule has 0 bridgehead atoms. The first-order chi connectivity index (χ1) is 11.4. The number of aromatic nitrogens is 2. The van der Waals surface area contributed by atoms with Crippen LogP contribution >= 0.6 is 11.6 Å². The summed E-state index contributed by atoms with van der Waals surface area (Å²) < 4.78 is 0. The minimum atomic E-state index is 0.0156. The zero-order chi connectivity index (χ0) is 18.7. The SMILES string of the molecule is CN.CNCc1c(C)cc(C)[nH]c1=O.Cc1ccc(Cl)nc1C=O. The first-order valence-electron chi connectivity index (χ1n) is 7.39. The summed E-state index contributed by atoms with van der Waals surface area (Å²) in [6, 6.07) is 5.40. The van der Waals surface area contributed by atoms with Gasteiger partial charge < -0.3 is 16.0 Å². The van der Waals surface area contributed by atoms with Crippen LogP contribution in [0.4, 0.5) is 0 Å². The number of nitrogens with zero attached hydrogens (tertiary/aromatic N) is 1. The third kappa shape index (κ3) is 7.04. The highest BCUT2D eigenvalue weighted by Crippen LogP contribution is 2.08. The largest absolute Gasteiger partial charge is 0.333 e. The third-order valence-electron chi connectivity index (χ3n) is 3.06. The summed E-state index contributed by atoms with van der Waals surface area (Å²) >= 11 is 5.53. The number of carbonyl (C=O) groups excluding carboxylic acids is 1. The van der Waals surface area contributed by atoms with Crippen molar-refractivity contribution in [3.8, 4) is 0 Å². The predicted molar refractivity (Wildman–Crippen MR) is 98.8 cm³/mol. The molecule has 0 atom stereocenters. The second-order valence-electron chi connectivity index (χ2n) is 4.93. The van der Waals surface area contributed by atoms with Crippen LogP contribution in [0.1, 0.15) is 32.9 Å². The quantitative estimate of drug-likeness (QED) is 0.580. The molecule has 0 aliphatic heterocycles. The second kappa shape index (κ2) is 11.5. The maximum atomic E-state index is 11.4. The van der Waals surface area contributed by atoms with E-state index in [9.17, 15) is 9.59 Å². The van der Waals surface area contributed by atoms with Crippen LogP contribution in [0.2, 0.25) is 5.15 Å². The van der Waals surface area contributed by atoms with E-state index in [0.29, 0.717) is 23.7 Å². The summed E-state index contributed by atoms with van der Waals surface area (Å²) in [6.07, 6.45) is 0.696. The van der Waals surface area contributed by atoms with Gasteiger partial charge in [0.15, 0.2) is 6.29 Å². The highest BCUT2D eigenvalue weighted by molar-refractivity contribution is 6.29. The van der Waals surface area contributed by atoms with Gasteiger partial charge in [-0.25, -0.2) is 4.98 Å². The molecule has 2 rings (SSSR count). The van der Waals surface area contributed by atoms with Crippen molar-refractivity contribution < 1.29 is 4.79 Å². The van der Waals surface area contributed by atoms with Crippen LogP contribution < -0.4 is 16.6 Å². The van der Waals surface area contributed by atoms with Gasteiger partial charge in [0.1, 0.15) is 10.8 Å². The van der Waals surface area contributed by atoms with Crippen LogP contribution in [-0.4, -0.2) is 30.3 Å². The number of nitrogens with two attached hydrogens (primary N) is 1. The Balaban J connectivity index is 0.000000405. The van der Waals surface area contributed by atoms with E-state index in [1.807, 2.05) is 33.9 Å². The van der Waals surface area contributed by atoms with E-state index in [2.05, 4.69) is 21.0 Å². The second-order valence-corrected chi connectivity index (χ2v) is 5.31. The third-order valence-corrected chi connectivity index (χ3v) is 3.27. The van der Waals surface area contributed by atoms with E-state index in [0.717, 1.165) is 22.4 Å². The molecular formula is C17H25ClN4O2. The zero-order valence-corrected chi connectivity index (χ0v) is 15.5. The van der Waals surface area contributed by atoms with Gasteiger partial charge in [-0.2, -0.15) is 0 Å². The Labute approximate surface area is 147 Å². The average molecular weight is 353 g/mol. The number of H-pyrrole nitrogens is 1. The van der Waals surface area contributed by atoms with Crippen molar-refractivity contribution in [1.29, 1.82) is 0 Å². The standard InChI is InChI=1S/C9H14N2O.C7H6ClNO.CH5N/c1-6-4-7(2)11-9(12)8(6)5-10-3;1-5-2-3-7(8)9-6(5)4-10;1-2/h4,10H,5H2,1-3H3,(H,11,12);2-4H,1H3;2H2,1H3. The van der Waals surface area contributed by atoms with Crippen LogP contribution in [0.25, 0.3) is 0 Å². The lowest BCUT2D eigenvalue weighted by Crippen LogP contribution is -2.20. The molecule has 7 heteroatoms. The number of halogens is 1. The summed E-state index contributed by atoms with van der Waals surface area (Å²) in [6.45, 7) is 6.28. The molecule has 0 aromatic carbocycles. The molecule has 24 heavy (non-hydrogen) atoms. The van der Waals surface area contributed by atoms with Gasteiger partial charge in [0.2, 0.25) is 0 Å². The normalized spacial score (nSPS) is 9.29. The molecule has 0 aliphatic carbocycles. The smallest absolute Gasteiger partial charge is 0.252 e. The Morgan fingerprint density at radius 1 is 1.25 bits per heavy atom. The van der Waals surface area contributed by atoms with Gasteiger partial charge in [-0.05, 0) is 58.1 Å². The molecule has 0 spiro atoms. The van der Waals surface area contributed by atoms with Crippen molar-refractivity contribution in [2.75, 3.05) is 14.1 Å². The molecule has 0 saturated heterocycles. The highest BCUT2D eigenvalue weighted by atomic mass is 35.5. The topological polar surface area (TPSA) is 101 Å². The van der Waals surface area contributed by atoms with Crippen molar-refractivity contribution in [3.05, 3.63) is 61.8 Å². The summed E-state index contributed by atoms with van der Waals surface area (Å²) in [5.41, 5.74) is 8.56. The fourth-order valence-corrected chi connectivity index (χ4v) is 2.07.